The van der Waals surface area contributed by atoms with Gasteiger partial charge in [0.1, 0.15) is 5.76 Å². The van der Waals surface area contributed by atoms with E-state index in [0.29, 0.717) is 16.7 Å². The molecule has 0 radical (unpaired) electrons. The van der Waals surface area contributed by atoms with E-state index in [1.54, 1.807) is 20.8 Å². The van der Waals surface area contributed by atoms with E-state index in [9.17, 15) is 5.21 Å². The van der Waals surface area contributed by atoms with Gasteiger partial charge in [0.05, 0.1) is 5.70 Å². The number of hydroxylamine groups is 2. The Balaban J connectivity index is 2.91. The van der Waals surface area contributed by atoms with Crippen LogP contribution in [0.15, 0.2) is 24.1 Å². The predicted octanol–water partition coefficient (Wildman–Crippen LogP) is 1.90. The maximum atomic E-state index is 11.1. The second-order valence-corrected chi connectivity index (χ2v) is 2.81. The number of hydrogen-bond acceptors (Lipinski definition) is 4. The summed E-state index contributed by atoms with van der Waals surface area (Å²) in [7, 11) is 0. The lowest BCUT2D eigenvalue weighted by Gasteiger charge is -2.43. The zero-order chi connectivity index (χ0) is 9.35. The summed E-state index contributed by atoms with van der Waals surface area (Å²) in [5.74, 6) is -0.482. The molecule has 1 unspecified atom stereocenters. The van der Waals surface area contributed by atoms with E-state index >= 15 is 0 Å². The van der Waals surface area contributed by atoms with Crippen molar-refractivity contribution in [1.82, 2.24) is 5.23 Å². The van der Waals surface area contributed by atoms with Crippen molar-refractivity contribution in [2.45, 2.75) is 26.6 Å². The van der Waals surface area contributed by atoms with Crippen molar-refractivity contribution in [2.75, 3.05) is 0 Å². The third kappa shape index (κ3) is 1.44. The highest BCUT2D eigenvalue weighted by atomic mass is 16.9. The lowest BCUT2D eigenvalue weighted by atomic mass is 10.3. The summed E-state index contributed by atoms with van der Waals surface area (Å²) < 4.78 is 5.30. The van der Waals surface area contributed by atoms with Crippen molar-refractivity contribution in [2.24, 2.45) is 0 Å². The Kier molecular flexibility index (Phi) is 2.12. The normalized spacial score (nSPS) is 30.2. The van der Waals surface area contributed by atoms with E-state index in [4.69, 9.17) is 9.57 Å². The first-order chi connectivity index (χ1) is 5.48. The van der Waals surface area contributed by atoms with Gasteiger partial charge in [-0.05, 0) is 19.9 Å². The van der Waals surface area contributed by atoms with Gasteiger partial charge in [-0.15, -0.1) is 0 Å². The van der Waals surface area contributed by atoms with Crippen molar-refractivity contribution in [3.05, 3.63) is 29.3 Å². The van der Waals surface area contributed by atoms with Gasteiger partial charge < -0.3 is 15.2 Å². The summed E-state index contributed by atoms with van der Waals surface area (Å²) in [6.07, 6.45) is 1.44. The summed E-state index contributed by atoms with van der Waals surface area (Å²) in [6, 6.07) is 0. The quantitative estimate of drug-likeness (QED) is 0.564. The molecular weight excluding hydrogens is 158 g/mol. The Hall–Kier alpha value is -1.00. The smallest absolute Gasteiger partial charge is 0.248 e. The Morgan fingerprint density at radius 2 is 2.17 bits per heavy atom. The van der Waals surface area contributed by atoms with E-state index in [-0.39, 0.29) is 0 Å². The van der Waals surface area contributed by atoms with Gasteiger partial charge in [-0.25, -0.2) is 4.84 Å². The molecule has 4 heteroatoms. The van der Waals surface area contributed by atoms with Crippen LogP contribution < -0.4 is 0 Å². The lowest BCUT2D eigenvalue weighted by molar-refractivity contribution is -0.292. The number of ether oxygens (including phenoxy) is 1. The third-order valence-corrected chi connectivity index (χ3v) is 1.77. The van der Waals surface area contributed by atoms with Crippen LogP contribution in [0.4, 0.5) is 0 Å². The first-order valence-electron chi connectivity index (χ1n) is 3.65. The average molecular weight is 170 g/mol. The van der Waals surface area contributed by atoms with Crippen LogP contribution in [0.3, 0.4) is 0 Å². The van der Waals surface area contributed by atoms with Crippen LogP contribution in [0.25, 0.3) is 0 Å². The molecule has 0 bridgehead atoms. The van der Waals surface area contributed by atoms with Gasteiger partial charge in [0, 0.05) is 6.92 Å². The van der Waals surface area contributed by atoms with Crippen molar-refractivity contribution >= 4 is 0 Å². The molecule has 1 rings (SSSR count). The highest BCUT2D eigenvalue weighted by molar-refractivity contribution is 5.06. The zero-order valence-corrected chi connectivity index (χ0v) is 7.46. The van der Waals surface area contributed by atoms with E-state index in [1.165, 1.54) is 6.08 Å². The monoisotopic (exact) mass is 170 g/mol. The first kappa shape index (κ1) is 9.09. The number of rotatable bonds is 1. The fourth-order valence-corrected chi connectivity index (χ4v) is 0.837. The van der Waals surface area contributed by atoms with Crippen LogP contribution in [0.5, 0.6) is 0 Å². The van der Waals surface area contributed by atoms with Crippen LogP contribution in [0, 0.1) is 5.21 Å². The minimum absolute atomic E-state index is 0.425. The van der Waals surface area contributed by atoms with Crippen molar-refractivity contribution in [3.8, 4) is 0 Å². The molecule has 0 saturated heterocycles. The first-order valence-corrected chi connectivity index (χ1v) is 3.65. The minimum atomic E-state index is -1.04. The molecule has 1 aliphatic rings. The molecule has 0 spiro atoms. The molecule has 12 heavy (non-hydrogen) atoms. The largest absolute Gasteiger partial charge is 0.733 e. The molecule has 0 aromatic rings. The fraction of sp³-hybridized carbons (Fsp3) is 0.500. The molecule has 1 aliphatic heterocycles. The average Bonchev–Trinajstić information content (AvgIpc) is 2.00. The van der Waals surface area contributed by atoms with Crippen LogP contribution in [-0.2, 0) is 9.57 Å². The van der Waals surface area contributed by atoms with E-state index in [1.807, 2.05) is 0 Å². The highest BCUT2D eigenvalue weighted by Crippen LogP contribution is 2.28. The SMILES string of the molecule is C=CC1(C)OC(C)=C(C)N([O-])O1. The van der Waals surface area contributed by atoms with Crippen molar-refractivity contribution in [3.63, 3.8) is 0 Å². The molecule has 0 N–H and O–H groups in total. The van der Waals surface area contributed by atoms with Gasteiger partial charge in [0.15, 0.2) is 0 Å². The van der Waals surface area contributed by atoms with E-state index in [0.717, 1.165) is 0 Å². The Labute approximate surface area is 71.6 Å². The lowest BCUT2D eigenvalue weighted by Crippen LogP contribution is -2.39. The summed E-state index contributed by atoms with van der Waals surface area (Å²) in [6.45, 7) is 8.48. The van der Waals surface area contributed by atoms with Gasteiger partial charge in [0.2, 0.25) is 5.79 Å². The van der Waals surface area contributed by atoms with Gasteiger partial charge in [-0.2, -0.15) is 0 Å². The minimum Gasteiger partial charge on any atom is -0.733 e. The summed E-state index contributed by atoms with van der Waals surface area (Å²) in [5.41, 5.74) is 0.425. The van der Waals surface area contributed by atoms with Crippen LogP contribution in [0.2, 0.25) is 0 Å². The molecular formula is C8H12NO3-. The standard InChI is InChI=1S/C8H12NO3/c1-5-8(4)11-7(3)6(2)9(10)12-8/h5H,1H2,2-4H3/q-1. The Bertz CT molecular complexity index is 236. The summed E-state index contributed by atoms with van der Waals surface area (Å²) in [5, 5.41) is 11.5. The molecule has 0 saturated carbocycles. The van der Waals surface area contributed by atoms with E-state index < -0.39 is 5.79 Å². The molecule has 1 atom stereocenters. The van der Waals surface area contributed by atoms with Gasteiger partial charge in [-0.3, -0.25) is 0 Å². The Morgan fingerprint density at radius 3 is 2.58 bits per heavy atom. The van der Waals surface area contributed by atoms with Gasteiger partial charge in [-0.1, -0.05) is 6.58 Å². The zero-order valence-electron chi connectivity index (χ0n) is 7.46. The third-order valence-electron chi connectivity index (χ3n) is 1.77. The summed E-state index contributed by atoms with van der Waals surface area (Å²) >= 11 is 0. The maximum absolute atomic E-state index is 11.1. The molecule has 0 fully saturated rings. The highest BCUT2D eigenvalue weighted by Gasteiger charge is 2.29. The van der Waals surface area contributed by atoms with Crippen LogP contribution in [-0.4, -0.2) is 11.0 Å². The molecule has 0 amide bonds. The molecule has 4 nitrogen and oxygen atoms in total. The van der Waals surface area contributed by atoms with Crippen molar-refractivity contribution < 1.29 is 9.57 Å². The van der Waals surface area contributed by atoms with Gasteiger partial charge >= 0.3 is 0 Å². The number of allylic oxidation sites excluding steroid dienone is 2. The van der Waals surface area contributed by atoms with Crippen LogP contribution >= 0.6 is 0 Å². The molecule has 1 heterocycles. The van der Waals surface area contributed by atoms with E-state index in [2.05, 4.69) is 6.58 Å². The van der Waals surface area contributed by atoms with Crippen molar-refractivity contribution in [1.29, 1.82) is 0 Å². The number of nitrogens with zero attached hydrogens (tertiary/aromatic N) is 1. The molecule has 68 valence electrons. The fourth-order valence-electron chi connectivity index (χ4n) is 0.837. The maximum Gasteiger partial charge on any atom is 0.248 e. The second kappa shape index (κ2) is 2.80. The topological polar surface area (TPSA) is 44.8 Å². The summed E-state index contributed by atoms with van der Waals surface area (Å²) in [4.78, 5) is 4.89. The predicted molar refractivity (Wildman–Crippen MR) is 44.4 cm³/mol. The molecule has 0 aromatic carbocycles. The molecule has 0 aromatic heterocycles. The second-order valence-electron chi connectivity index (χ2n) is 2.81. The van der Waals surface area contributed by atoms with Gasteiger partial charge in [0.25, 0.3) is 0 Å². The number of hydrogen-bond donors (Lipinski definition) is 0. The van der Waals surface area contributed by atoms with Crippen LogP contribution in [0.1, 0.15) is 20.8 Å². The Morgan fingerprint density at radius 1 is 1.58 bits per heavy atom. The molecule has 0 aliphatic carbocycles.